The summed E-state index contributed by atoms with van der Waals surface area (Å²) in [4.78, 5) is 44.1. The molecule has 1 aliphatic rings. The zero-order valence-corrected chi connectivity index (χ0v) is 29.5. The maximum atomic E-state index is 14.6. The molecule has 8 heteroatoms. The first kappa shape index (κ1) is 35.8. The number of carbonyl (C=O) groups is 3. The second-order valence-electron chi connectivity index (χ2n) is 14.8. The number of amides is 3. The van der Waals surface area contributed by atoms with E-state index < -0.39 is 12.1 Å². The third kappa shape index (κ3) is 9.55. The lowest BCUT2D eigenvalue weighted by Crippen LogP contribution is -2.63. The fourth-order valence-corrected chi connectivity index (χ4v) is 7.44. The molecule has 2 unspecified atom stereocenters. The molecule has 0 radical (unpaired) electrons. The Labute approximate surface area is 290 Å². The molecule has 3 amide bonds. The van der Waals surface area contributed by atoms with Crippen molar-refractivity contribution >= 4 is 28.5 Å². The van der Waals surface area contributed by atoms with Crippen LogP contribution >= 0.6 is 0 Å². The standard InChI is InChI=1S/C41H51N5O3/c1-40(2)26-34(27-41(3,4)45-40)43-38(48)36(25-28-12-7-6-8-13-28)46(5)39(49)35(24-30-18-19-31-15-9-10-16-32(31)23-30)44-37(47)33-17-11-14-29(22-33)20-21-42/h6-19,22-23,34-36,45H,20-21,24-27,42H2,1-5H3,(H,43,48)(H,44,47). The molecule has 5 N–H and O–H groups in total. The molecule has 0 spiro atoms. The van der Waals surface area contributed by atoms with Crippen molar-refractivity contribution in [3.05, 3.63) is 119 Å². The van der Waals surface area contributed by atoms with E-state index in [0.29, 0.717) is 24.9 Å². The van der Waals surface area contributed by atoms with Crippen molar-refractivity contribution in [2.45, 2.75) is 89.0 Å². The summed E-state index contributed by atoms with van der Waals surface area (Å²) in [6, 6.07) is 29.4. The lowest BCUT2D eigenvalue weighted by atomic mass is 9.79. The molecule has 8 nitrogen and oxygen atoms in total. The van der Waals surface area contributed by atoms with E-state index in [9.17, 15) is 14.4 Å². The topological polar surface area (TPSA) is 117 Å². The van der Waals surface area contributed by atoms with Crippen molar-refractivity contribution in [1.29, 1.82) is 0 Å². The molecule has 1 heterocycles. The molecule has 1 aliphatic heterocycles. The Bertz CT molecular complexity index is 1750. The minimum absolute atomic E-state index is 0.0607. The molecular weight excluding hydrogens is 610 g/mol. The van der Waals surface area contributed by atoms with Crippen LogP contribution in [0.2, 0.25) is 0 Å². The highest BCUT2D eigenvalue weighted by atomic mass is 16.2. The number of rotatable bonds is 12. The second kappa shape index (κ2) is 15.3. The summed E-state index contributed by atoms with van der Waals surface area (Å²) in [5.41, 5.74) is 8.72. The third-order valence-corrected chi connectivity index (χ3v) is 9.41. The quantitative estimate of drug-likeness (QED) is 0.167. The number of fused-ring (bicyclic) bond motifs is 1. The van der Waals surface area contributed by atoms with E-state index in [1.807, 2.05) is 84.9 Å². The summed E-state index contributed by atoms with van der Waals surface area (Å²) in [6.45, 7) is 9.06. The summed E-state index contributed by atoms with van der Waals surface area (Å²) in [5.74, 6) is -0.889. The zero-order valence-electron chi connectivity index (χ0n) is 29.5. The van der Waals surface area contributed by atoms with Crippen molar-refractivity contribution in [2.24, 2.45) is 5.73 Å². The number of nitrogens with two attached hydrogens (primary N) is 1. The van der Waals surface area contributed by atoms with Gasteiger partial charge in [0, 0.05) is 42.6 Å². The molecular formula is C41H51N5O3. The average molecular weight is 662 g/mol. The van der Waals surface area contributed by atoms with Crippen LogP contribution in [0.5, 0.6) is 0 Å². The van der Waals surface area contributed by atoms with Crippen molar-refractivity contribution in [3.63, 3.8) is 0 Å². The van der Waals surface area contributed by atoms with Gasteiger partial charge >= 0.3 is 0 Å². The van der Waals surface area contributed by atoms with Gasteiger partial charge in [0.1, 0.15) is 12.1 Å². The number of hydrogen-bond acceptors (Lipinski definition) is 5. The van der Waals surface area contributed by atoms with Crippen molar-refractivity contribution in [3.8, 4) is 0 Å². The third-order valence-electron chi connectivity index (χ3n) is 9.41. The first-order chi connectivity index (χ1) is 23.3. The largest absolute Gasteiger partial charge is 0.351 e. The fraction of sp³-hybridized carbons (Fsp3) is 0.390. The molecule has 0 aliphatic carbocycles. The highest BCUT2D eigenvalue weighted by molar-refractivity contribution is 5.98. The number of nitrogens with zero attached hydrogens (tertiary/aromatic N) is 1. The summed E-state index contributed by atoms with van der Waals surface area (Å²) >= 11 is 0. The van der Waals surface area contributed by atoms with Crippen LogP contribution in [-0.4, -0.2) is 65.4 Å². The number of hydrogen-bond donors (Lipinski definition) is 4. The van der Waals surface area contributed by atoms with Gasteiger partial charge in [-0.2, -0.15) is 0 Å². The Morgan fingerprint density at radius 1 is 0.796 bits per heavy atom. The molecule has 258 valence electrons. The van der Waals surface area contributed by atoms with Gasteiger partial charge in [-0.05, 0) is 93.1 Å². The number of benzene rings is 4. The average Bonchev–Trinajstić information content (AvgIpc) is 3.05. The van der Waals surface area contributed by atoms with Gasteiger partial charge in [-0.3, -0.25) is 14.4 Å². The molecule has 1 saturated heterocycles. The van der Waals surface area contributed by atoms with Crippen LogP contribution in [-0.2, 0) is 28.9 Å². The molecule has 4 aromatic rings. The zero-order chi connectivity index (χ0) is 35.2. The number of carbonyl (C=O) groups excluding carboxylic acids is 3. The Balaban J connectivity index is 1.45. The highest BCUT2D eigenvalue weighted by Crippen LogP contribution is 2.29. The number of piperidine rings is 1. The summed E-state index contributed by atoms with van der Waals surface area (Å²) in [5, 5.41) is 12.2. The molecule has 4 aromatic carbocycles. The summed E-state index contributed by atoms with van der Waals surface area (Å²) in [6.07, 6.45) is 2.78. The first-order valence-electron chi connectivity index (χ1n) is 17.3. The highest BCUT2D eigenvalue weighted by Gasteiger charge is 2.40. The van der Waals surface area contributed by atoms with Gasteiger partial charge in [0.25, 0.3) is 5.91 Å². The lowest BCUT2D eigenvalue weighted by Gasteiger charge is -2.47. The molecule has 0 bridgehead atoms. The van der Waals surface area contributed by atoms with Gasteiger partial charge in [-0.15, -0.1) is 0 Å². The van der Waals surface area contributed by atoms with Gasteiger partial charge < -0.3 is 26.6 Å². The minimum atomic E-state index is -0.917. The molecule has 0 aromatic heterocycles. The normalized spacial score (nSPS) is 16.8. The van der Waals surface area contributed by atoms with Gasteiger partial charge in [-0.1, -0.05) is 84.9 Å². The van der Waals surface area contributed by atoms with Crippen molar-refractivity contribution < 1.29 is 14.4 Å². The van der Waals surface area contributed by atoms with E-state index in [1.165, 1.54) is 4.90 Å². The first-order valence-corrected chi connectivity index (χ1v) is 17.3. The SMILES string of the molecule is CN(C(=O)C(Cc1ccc2ccccc2c1)NC(=O)c1cccc(CCN)c1)C(Cc1ccccc1)C(=O)NC1CC(C)(C)NC(C)(C)C1. The minimum Gasteiger partial charge on any atom is -0.351 e. The maximum absolute atomic E-state index is 14.6. The van der Waals surface area contributed by atoms with Gasteiger partial charge in [0.2, 0.25) is 11.8 Å². The molecule has 1 fully saturated rings. The molecule has 0 saturated carbocycles. The van der Waals surface area contributed by atoms with Crippen LogP contribution in [0.3, 0.4) is 0 Å². The number of nitrogens with one attached hydrogen (secondary N) is 3. The maximum Gasteiger partial charge on any atom is 0.251 e. The van der Waals surface area contributed by atoms with Crippen molar-refractivity contribution in [2.75, 3.05) is 13.6 Å². The van der Waals surface area contributed by atoms with Crippen LogP contribution in [0.25, 0.3) is 10.8 Å². The van der Waals surface area contributed by atoms with Crippen LogP contribution in [0.1, 0.15) is 67.6 Å². The molecule has 5 rings (SSSR count). The van der Waals surface area contributed by atoms with Crippen molar-refractivity contribution in [1.82, 2.24) is 20.9 Å². The lowest BCUT2D eigenvalue weighted by molar-refractivity contribution is -0.140. The van der Waals surface area contributed by atoms with Gasteiger partial charge in [0.05, 0.1) is 0 Å². The van der Waals surface area contributed by atoms with Crippen LogP contribution < -0.4 is 21.7 Å². The molecule has 49 heavy (non-hydrogen) atoms. The Hall–Kier alpha value is -4.53. The van der Waals surface area contributed by atoms with Crippen LogP contribution in [0.15, 0.2) is 97.1 Å². The van der Waals surface area contributed by atoms with E-state index in [1.54, 1.807) is 13.1 Å². The smallest absolute Gasteiger partial charge is 0.251 e. The predicted octanol–water partition coefficient (Wildman–Crippen LogP) is 5.18. The monoisotopic (exact) mass is 661 g/mol. The molecule has 2 atom stereocenters. The Kier molecular flexibility index (Phi) is 11.2. The Morgan fingerprint density at radius 3 is 2.14 bits per heavy atom. The second-order valence-corrected chi connectivity index (χ2v) is 14.8. The van der Waals surface area contributed by atoms with Gasteiger partial charge in [0.15, 0.2) is 0 Å². The van der Waals surface area contributed by atoms with Crippen LogP contribution in [0, 0.1) is 0 Å². The summed E-state index contributed by atoms with van der Waals surface area (Å²) < 4.78 is 0. The van der Waals surface area contributed by atoms with Crippen LogP contribution in [0.4, 0.5) is 0 Å². The summed E-state index contributed by atoms with van der Waals surface area (Å²) in [7, 11) is 1.67. The van der Waals surface area contributed by atoms with E-state index in [0.717, 1.165) is 40.3 Å². The fourth-order valence-electron chi connectivity index (χ4n) is 7.44. The van der Waals surface area contributed by atoms with E-state index in [2.05, 4.69) is 49.7 Å². The number of likely N-dealkylation sites (N-methyl/N-ethyl adjacent to an activating group) is 1. The van der Waals surface area contributed by atoms with E-state index in [4.69, 9.17) is 5.73 Å². The van der Waals surface area contributed by atoms with E-state index >= 15 is 0 Å². The van der Waals surface area contributed by atoms with Gasteiger partial charge in [-0.25, -0.2) is 0 Å². The van der Waals surface area contributed by atoms with E-state index in [-0.39, 0.29) is 41.3 Å². The predicted molar refractivity (Wildman–Crippen MR) is 197 cm³/mol. The Morgan fingerprint density at radius 2 is 1.45 bits per heavy atom.